The molecule has 1 fully saturated rings. The minimum atomic E-state index is -1.07. The van der Waals surface area contributed by atoms with Gasteiger partial charge in [0.05, 0.1) is 9.82 Å². The van der Waals surface area contributed by atoms with Crippen LogP contribution in [-0.2, 0) is 11.8 Å². The van der Waals surface area contributed by atoms with Crippen molar-refractivity contribution in [1.82, 2.24) is 19.7 Å². The maximum absolute atomic E-state index is 12.6. The molecule has 0 aliphatic carbocycles. The third kappa shape index (κ3) is 3.38. The monoisotopic (exact) mass is 377 g/mol. The van der Waals surface area contributed by atoms with E-state index in [9.17, 15) is 24.8 Å². The van der Waals surface area contributed by atoms with Crippen LogP contribution in [0.3, 0.4) is 0 Å². The summed E-state index contributed by atoms with van der Waals surface area (Å²) < 4.78 is 1.62. The topological polar surface area (TPSA) is 131 Å². The Morgan fingerprint density at radius 3 is 2.81 bits per heavy atom. The van der Waals surface area contributed by atoms with Crippen molar-refractivity contribution in [3.8, 4) is 0 Å². The third-order valence-electron chi connectivity index (χ3n) is 4.07. The molecule has 1 aromatic heterocycles. The van der Waals surface area contributed by atoms with Gasteiger partial charge in [-0.15, -0.1) is 10.2 Å². The number of carbonyl (C=O) groups is 2. The van der Waals surface area contributed by atoms with Crippen LogP contribution in [0.5, 0.6) is 0 Å². The van der Waals surface area contributed by atoms with Crippen LogP contribution in [0.4, 0.5) is 5.69 Å². The van der Waals surface area contributed by atoms with Gasteiger partial charge in [-0.05, 0) is 36.7 Å². The normalized spacial score (nSPS) is 16.7. The molecule has 10 nitrogen and oxygen atoms in total. The molecule has 1 aliphatic heterocycles. The van der Waals surface area contributed by atoms with E-state index < -0.39 is 22.8 Å². The van der Waals surface area contributed by atoms with Gasteiger partial charge in [0.2, 0.25) is 0 Å². The van der Waals surface area contributed by atoms with Gasteiger partial charge < -0.3 is 14.6 Å². The van der Waals surface area contributed by atoms with Gasteiger partial charge in [-0.3, -0.25) is 14.9 Å². The second kappa shape index (κ2) is 7.12. The minimum Gasteiger partial charge on any atom is -0.480 e. The summed E-state index contributed by atoms with van der Waals surface area (Å²) in [6.45, 7) is 0.318. The number of amides is 1. The van der Waals surface area contributed by atoms with E-state index in [2.05, 4.69) is 10.2 Å². The summed E-state index contributed by atoms with van der Waals surface area (Å²) in [5.74, 6) is -1.59. The molecule has 0 saturated carbocycles. The van der Waals surface area contributed by atoms with Gasteiger partial charge >= 0.3 is 5.97 Å². The van der Waals surface area contributed by atoms with E-state index in [1.807, 2.05) is 0 Å². The summed E-state index contributed by atoms with van der Waals surface area (Å²) in [7, 11) is 1.71. The average molecular weight is 377 g/mol. The molecule has 1 amide bonds. The number of carboxylic acids is 1. The summed E-state index contributed by atoms with van der Waals surface area (Å²) in [6.07, 6.45) is 2.44. The van der Waals surface area contributed by atoms with E-state index >= 15 is 0 Å². The molecule has 0 unspecified atom stereocenters. The van der Waals surface area contributed by atoms with Gasteiger partial charge in [-0.25, -0.2) is 4.79 Å². The molecule has 26 heavy (non-hydrogen) atoms. The highest BCUT2D eigenvalue weighted by Crippen LogP contribution is 2.34. The number of hydrogen-bond donors (Lipinski definition) is 1. The number of likely N-dealkylation sites (tertiary alicyclic amines) is 1. The average Bonchev–Trinajstić information content (AvgIpc) is 3.24. The van der Waals surface area contributed by atoms with E-state index in [1.54, 1.807) is 11.6 Å². The molecule has 0 radical (unpaired) electrons. The number of aliphatic carboxylic acids is 1. The van der Waals surface area contributed by atoms with Crippen LogP contribution in [0, 0.1) is 10.1 Å². The lowest BCUT2D eigenvalue weighted by Gasteiger charge is -2.21. The number of aromatic nitrogens is 3. The molecule has 0 spiro atoms. The molecule has 3 rings (SSSR count). The van der Waals surface area contributed by atoms with E-state index in [4.69, 9.17) is 0 Å². The van der Waals surface area contributed by atoms with Crippen molar-refractivity contribution >= 4 is 29.3 Å². The second-order valence-electron chi connectivity index (χ2n) is 5.76. The SMILES string of the molecule is Cn1cnnc1Sc1ccc(C(=O)N2CCC[C@H]2C(=O)O)cc1[N+](=O)[O-]. The molecule has 11 heteroatoms. The number of carbonyl (C=O) groups excluding carboxylic acids is 1. The number of nitro benzene ring substituents is 1. The predicted molar refractivity (Wildman–Crippen MR) is 89.9 cm³/mol. The van der Waals surface area contributed by atoms with Crippen molar-refractivity contribution in [3.63, 3.8) is 0 Å². The summed E-state index contributed by atoms with van der Waals surface area (Å²) in [5.41, 5.74) is -0.151. The van der Waals surface area contributed by atoms with Crippen molar-refractivity contribution in [2.75, 3.05) is 6.54 Å². The number of nitro groups is 1. The molecule has 1 saturated heterocycles. The van der Waals surface area contributed by atoms with E-state index in [-0.39, 0.29) is 11.3 Å². The molecule has 1 atom stereocenters. The first kappa shape index (κ1) is 17.9. The summed E-state index contributed by atoms with van der Waals surface area (Å²) in [5, 5.41) is 28.7. The van der Waals surface area contributed by atoms with Gasteiger partial charge in [0.25, 0.3) is 11.6 Å². The Bertz CT molecular complexity index is 883. The highest BCUT2D eigenvalue weighted by atomic mass is 32.2. The zero-order valence-electron chi connectivity index (χ0n) is 13.7. The standard InChI is InChI=1S/C15H15N5O5S/c1-18-8-16-17-15(18)26-12-5-4-9(7-11(12)20(24)25)13(21)19-6-2-3-10(19)14(22)23/h4-5,7-8,10H,2-3,6H2,1H3,(H,22,23)/t10-/m0/s1. The Kier molecular flexibility index (Phi) is 4.89. The van der Waals surface area contributed by atoms with Crippen molar-refractivity contribution in [2.45, 2.75) is 28.9 Å². The van der Waals surface area contributed by atoms with Gasteiger partial charge in [-0.1, -0.05) is 0 Å². The Labute approximate surface area is 152 Å². The van der Waals surface area contributed by atoms with Crippen molar-refractivity contribution in [2.24, 2.45) is 7.05 Å². The predicted octanol–water partition coefficient (Wildman–Crippen LogP) is 1.56. The molecule has 1 aliphatic rings. The van der Waals surface area contributed by atoms with Gasteiger partial charge in [-0.2, -0.15) is 0 Å². The third-order valence-corrected chi connectivity index (χ3v) is 5.19. The Morgan fingerprint density at radius 2 is 2.19 bits per heavy atom. The van der Waals surface area contributed by atoms with E-state index in [0.717, 1.165) is 11.8 Å². The molecule has 0 bridgehead atoms. The fourth-order valence-electron chi connectivity index (χ4n) is 2.78. The number of nitrogens with zero attached hydrogens (tertiary/aromatic N) is 5. The number of benzene rings is 1. The first-order chi connectivity index (χ1) is 12.4. The molecular formula is C15H15N5O5S. The van der Waals surface area contributed by atoms with E-state index in [0.29, 0.717) is 29.4 Å². The van der Waals surface area contributed by atoms with Crippen LogP contribution in [0.15, 0.2) is 34.6 Å². The van der Waals surface area contributed by atoms with Gasteiger partial charge in [0, 0.05) is 25.2 Å². The van der Waals surface area contributed by atoms with Gasteiger partial charge in [0.1, 0.15) is 12.4 Å². The summed E-state index contributed by atoms with van der Waals surface area (Å²) in [4.78, 5) is 36.3. The number of aryl methyl sites for hydroxylation is 1. The summed E-state index contributed by atoms with van der Waals surface area (Å²) >= 11 is 1.06. The molecule has 1 aromatic carbocycles. The lowest BCUT2D eigenvalue weighted by molar-refractivity contribution is -0.387. The minimum absolute atomic E-state index is 0.0900. The summed E-state index contributed by atoms with van der Waals surface area (Å²) in [6, 6.07) is 3.22. The van der Waals surface area contributed by atoms with Crippen molar-refractivity contribution in [3.05, 3.63) is 40.2 Å². The molecule has 2 aromatic rings. The second-order valence-corrected chi connectivity index (χ2v) is 6.77. The first-order valence-electron chi connectivity index (χ1n) is 7.72. The molecule has 1 N–H and O–H groups in total. The number of rotatable bonds is 5. The number of hydrogen-bond acceptors (Lipinski definition) is 7. The highest BCUT2D eigenvalue weighted by molar-refractivity contribution is 7.99. The van der Waals surface area contributed by atoms with Crippen LogP contribution in [0.2, 0.25) is 0 Å². The van der Waals surface area contributed by atoms with Crippen LogP contribution in [-0.4, -0.2) is 54.2 Å². The lowest BCUT2D eigenvalue weighted by Crippen LogP contribution is -2.40. The lowest BCUT2D eigenvalue weighted by atomic mass is 10.1. The fourth-order valence-corrected chi connectivity index (χ4v) is 3.63. The number of carboxylic acid groups (broad SMARTS) is 1. The highest BCUT2D eigenvalue weighted by Gasteiger charge is 2.35. The van der Waals surface area contributed by atoms with Crippen LogP contribution >= 0.6 is 11.8 Å². The van der Waals surface area contributed by atoms with Crippen molar-refractivity contribution in [1.29, 1.82) is 0 Å². The Balaban J connectivity index is 1.91. The van der Waals surface area contributed by atoms with Crippen LogP contribution < -0.4 is 0 Å². The zero-order valence-corrected chi connectivity index (χ0v) is 14.5. The van der Waals surface area contributed by atoms with Gasteiger partial charge in [0.15, 0.2) is 5.16 Å². The largest absolute Gasteiger partial charge is 0.480 e. The first-order valence-corrected chi connectivity index (χ1v) is 8.54. The van der Waals surface area contributed by atoms with Crippen LogP contribution in [0.25, 0.3) is 0 Å². The van der Waals surface area contributed by atoms with E-state index in [1.165, 1.54) is 29.4 Å². The molecule has 2 heterocycles. The van der Waals surface area contributed by atoms with Crippen LogP contribution in [0.1, 0.15) is 23.2 Å². The Hall–Kier alpha value is -2.95. The Morgan fingerprint density at radius 1 is 1.42 bits per heavy atom. The molecular weight excluding hydrogens is 362 g/mol. The molecule has 136 valence electrons. The maximum Gasteiger partial charge on any atom is 0.326 e. The fraction of sp³-hybridized carbons (Fsp3) is 0.333. The smallest absolute Gasteiger partial charge is 0.326 e. The quantitative estimate of drug-likeness (QED) is 0.613. The maximum atomic E-state index is 12.6. The van der Waals surface area contributed by atoms with Crippen molar-refractivity contribution < 1.29 is 19.6 Å². The zero-order chi connectivity index (χ0) is 18.8.